The number of carbonyl (C=O) groups is 1. The van der Waals surface area contributed by atoms with Crippen LogP contribution in [0.15, 0.2) is 18.6 Å². The summed E-state index contributed by atoms with van der Waals surface area (Å²) >= 11 is 0. The standard InChI is InChI=1S/C19H23N5O4/c25-10-15(11-1-5-28-6-2-11)21-19(26)17-14-8-12-7-13(12)18(14)24(22-17)16-9-23(27)4-3-20-16/h3-4,9,11-13,15,25H,1-2,5-8,10H2,(H-,20,21,26,27)/p+1. The van der Waals surface area contributed by atoms with Crippen LogP contribution in [0.4, 0.5) is 0 Å². The van der Waals surface area contributed by atoms with Crippen LogP contribution < -0.4 is 9.74 Å². The van der Waals surface area contributed by atoms with Crippen molar-refractivity contribution in [2.75, 3.05) is 19.8 Å². The lowest BCUT2D eigenvalue weighted by Gasteiger charge is -2.29. The van der Waals surface area contributed by atoms with Gasteiger partial charge in [-0.2, -0.15) is 5.10 Å². The van der Waals surface area contributed by atoms with Crippen LogP contribution in [0.25, 0.3) is 5.82 Å². The van der Waals surface area contributed by atoms with Gasteiger partial charge < -0.3 is 20.1 Å². The molecule has 1 amide bonds. The number of hydrogen-bond donors (Lipinski definition) is 3. The van der Waals surface area contributed by atoms with Gasteiger partial charge in [0.15, 0.2) is 5.69 Å². The van der Waals surface area contributed by atoms with Gasteiger partial charge in [0.1, 0.15) is 0 Å². The summed E-state index contributed by atoms with van der Waals surface area (Å²) in [6, 6.07) is -0.305. The Morgan fingerprint density at radius 1 is 1.46 bits per heavy atom. The molecule has 0 bridgehead atoms. The number of rotatable bonds is 5. The topological polar surface area (TPSA) is 115 Å². The van der Waals surface area contributed by atoms with Crippen molar-refractivity contribution in [2.45, 2.75) is 37.6 Å². The molecule has 9 heteroatoms. The van der Waals surface area contributed by atoms with Gasteiger partial charge in [-0.3, -0.25) is 4.79 Å². The van der Waals surface area contributed by atoms with Gasteiger partial charge in [0.05, 0.1) is 29.0 Å². The lowest BCUT2D eigenvalue weighted by molar-refractivity contribution is -0.495. The molecule has 3 unspecified atom stereocenters. The first kappa shape index (κ1) is 17.6. The summed E-state index contributed by atoms with van der Waals surface area (Å²) in [6.45, 7) is 1.21. The highest BCUT2D eigenvalue weighted by Crippen LogP contribution is 2.57. The zero-order valence-electron chi connectivity index (χ0n) is 15.5. The first-order valence-corrected chi connectivity index (χ1v) is 9.88. The highest BCUT2D eigenvalue weighted by molar-refractivity contribution is 5.94. The molecule has 2 aromatic heterocycles. The fourth-order valence-electron chi connectivity index (χ4n) is 4.66. The zero-order chi connectivity index (χ0) is 19.3. The first-order chi connectivity index (χ1) is 13.7. The molecule has 9 nitrogen and oxygen atoms in total. The van der Waals surface area contributed by atoms with E-state index in [2.05, 4.69) is 15.4 Å². The second-order valence-electron chi connectivity index (χ2n) is 7.98. The molecule has 1 saturated carbocycles. The SMILES string of the molecule is O=C(NC(CO)C1CCOCC1)c1nn(-c2c[n+](=O)cc[nH]2)c2c1CC1CC21. The Balaban J connectivity index is 1.45. The van der Waals surface area contributed by atoms with Gasteiger partial charge in [0.25, 0.3) is 12.1 Å². The largest absolute Gasteiger partial charge is 0.394 e. The molecule has 2 aromatic rings. The highest BCUT2D eigenvalue weighted by atomic mass is 16.5. The molecule has 3 aliphatic rings. The van der Waals surface area contributed by atoms with Crippen LogP contribution >= 0.6 is 0 Å². The molecule has 148 valence electrons. The Bertz CT molecular complexity index is 961. The Hall–Kier alpha value is -2.52. The van der Waals surface area contributed by atoms with Crippen LogP contribution in [0.1, 0.15) is 46.9 Å². The number of aromatic amines is 1. The van der Waals surface area contributed by atoms with Crippen molar-refractivity contribution < 1.29 is 19.1 Å². The van der Waals surface area contributed by atoms with Gasteiger partial charge in [-0.15, -0.1) is 0 Å². The molecule has 2 aliphatic carbocycles. The molecule has 0 spiro atoms. The summed E-state index contributed by atoms with van der Waals surface area (Å²) in [5.74, 6) is 1.46. The van der Waals surface area contributed by atoms with E-state index in [0.717, 1.165) is 36.9 Å². The van der Waals surface area contributed by atoms with Crippen molar-refractivity contribution in [1.82, 2.24) is 20.1 Å². The fraction of sp³-hybridized carbons (Fsp3) is 0.579. The van der Waals surface area contributed by atoms with Gasteiger partial charge in [-0.1, -0.05) is 0 Å². The Kier molecular flexibility index (Phi) is 4.28. The summed E-state index contributed by atoms with van der Waals surface area (Å²) in [6.07, 6.45) is 7.95. The molecule has 3 N–H and O–H groups in total. The minimum atomic E-state index is -0.305. The summed E-state index contributed by atoms with van der Waals surface area (Å²) in [7, 11) is 0. The van der Waals surface area contributed by atoms with Crippen molar-refractivity contribution in [2.24, 2.45) is 11.8 Å². The lowest BCUT2D eigenvalue weighted by Crippen LogP contribution is -2.45. The number of amides is 1. The van der Waals surface area contributed by atoms with Crippen LogP contribution in [0, 0.1) is 16.7 Å². The van der Waals surface area contributed by atoms with Crippen LogP contribution in [-0.2, 0) is 11.2 Å². The number of fused-ring (bicyclic) bond motifs is 3. The molecule has 2 fully saturated rings. The third-order valence-corrected chi connectivity index (χ3v) is 6.26. The smallest absolute Gasteiger partial charge is 0.272 e. The first-order valence-electron chi connectivity index (χ1n) is 9.88. The third kappa shape index (κ3) is 2.94. The molecule has 0 radical (unpaired) electrons. The normalized spacial score (nSPS) is 24.5. The third-order valence-electron chi connectivity index (χ3n) is 6.26. The van der Waals surface area contributed by atoms with Gasteiger partial charge >= 0.3 is 0 Å². The van der Waals surface area contributed by atoms with E-state index in [1.165, 1.54) is 12.4 Å². The number of nitrogens with one attached hydrogen (secondary N) is 2. The number of aromatic nitrogens is 4. The molecular formula is C19H24N5O4+. The molecule has 0 aromatic carbocycles. The second kappa shape index (κ2) is 6.82. The van der Waals surface area contributed by atoms with Crippen LogP contribution in [0.5, 0.6) is 0 Å². The number of carbonyl (C=O) groups excluding carboxylic acids is 1. The number of aliphatic hydroxyl groups excluding tert-OH is 1. The number of aliphatic hydroxyl groups is 1. The predicted octanol–water partition coefficient (Wildman–Crippen LogP) is 0.292. The summed E-state index contributed by atoms with van der Waals surface area (Å²) in [5.41, 5.74) is 2.41. The van der Waals surface area contributed by atoms with Crippen LogP contribution in [0.3, 0.4) is 0 Å². The van der Waals surface area contributed by atoms with E-state index >= 15 is 0 Å². The highest BCUT2D eigenvalue weighted by Gasteiger charge is 2.50. The summed E-state index contributed by atoms with van der Waals surface area (Å²) in [5, 5.41) is 17.4. The Morgan fingerprint density at radius 2 is 2.29 bits per heavy atom. The average Bonchev–Trinajstić information content (AvgIpc) is 3.21. The number of ether oxygens (including phenoxy) is 1. The molecule has 1 aliphatic heterocycles. The maximum Gasteiger partial charge on any atom is 0.272 e. The number of nitrogens with zero attached hydrogens (tertiary/aromatic N) is 3. The molecular weight excluding hydrogens is 362 g/mol. The summed E-state index contributed by atoms with van der Waals surface area (Å²) in [4.78, 5) is 27.8. The molecule has 1 saturated heterocycles. The Morgan fingerprint density at radius 3 is 3.04 bits per heavy atom. The molecule has 3 heterocycles. The van der Waals surface area contributed by atoms with E-state index in [-0.39, 0.29) is 24.5 Å². The quantitative estimate of drug-likeness (QED) is 0.639. The lowest BCUT2D eigenvalue weighted by atomic mass is 9.92. The molecule has 3 atom stereocenters. The summed E-state index contributed by atoms with van der Waals surface area (Å²) < 4.78 is 7.80. The van der Waals surface area contributed by atoms with E-state index in [1.54, 1.807) is 10.9 Å². The number of hydrogen-bond acceptors (Lipinski definition) is 5. The molecule has 5 rings (SSSR count). The van der Waals surface area contributed by atoms with Crippen molar-refractivity contribution >= 4 is 5.91 Å². The number of H-pyrrole nitrogens is 1. The van der Waals surface area contributed by atoms with E-state index in [1.807, 2.05) is 0 Å². The van der Waals surface area contributed by atoms with Gasteiger partial charge in [-0.05, 0) is 37.5 Å². The van der Waals surface area contributed by atoms with Gasteiger partial charge in [0.2, 0.25) is 12.0 Å². The predicted molar refractivity (Wildman–Crippen MR) is 97.7 cm³/mol. The Labute approximate surface area is 161 Å². The van der Waals surface area contributed by atoms with E-state index in [4.69, 9.17) is 4.74 Å². The maximum absolute atomic E-state index is 13.0. The van der Waals surface area contributed by atoms with Crippen molar-refractivity contribution in [3.8, 4) is 5.82 Å². The average molecular weight is 386 g/mol. The zero-order valence-corrected chi connectivity index (χ0v) is 15.5. The minimum absolute atomic E-state index is 0.104. The van der Waals surface area contributed by atoms with E-state index in [0.29, 0.717) is 41.0 Å². The van der Waals surface area contributed by atoms with Crippen molar-refractivity contribution in [3.05, 3.63) is 40.4 Å². The van der Waals surface area contributed by atoms with Crippen LogP contribution in [-0.4, -0.2) is 51.6 Å². The van der Waals surface area contributed by atoms with Crippen molar-refractivity contribution in [3.63, 3.8) is 0 Å². The monoisotopic (exact) mass is 386 g/mol. The van der Waals surface area contributed by atoms with Gasteiger partial charge in [-0.25, -0.2) is 4.68 Å². The molecule has 28 heavy (non-hydrogen) atoms. The van der Waals surface area contributed by atoms with Crippen molar-refractivity contribution in [1.29, 1.82) is 0 Å². The van der Waals surface area contributed by atoms with E-state index in [9.17, 15) is 14.8 Å². The van der Waals surface area contributed by atoms with Gasteiger partial charge in [0, 0.05) is 29.6 Å². The second-order valence-corrected chi connectivity index (χ2v) is 7.98. The maximum atomic E-state index is 13.0. The fourth-order valence-corrected chi connectivity index (χ4v) is 4.66. The van der Waals surface area contributed by atoms with E-state index < -0.39 is 0 Å². The van der Waals surface area contributed by atoms with Crippen LogP contribution in [0.2, 0.25) is 0 Å². The minimum Gasteiger partial charge on any atom is -0.394 e.